The molecule has 0 bridgehead atoms. The monoisotopic (exact) mass is 351 g/mol. The summed E-state index contributed by atoms with van der Waals surface area (Å²) in [4.78, 5) is 16.8. The fourth-order valence-corrected chi connectivity index (χ4v) is 2.60. The number of para-hydroxylation sites is 2. The average Bonchev–Trinajstić information content (AvgIpc) is 3.08. The number of anilines is 1. The summed E-state index contributed by atoms with van der Waals surface area (Å²) in [5.41, 5.74) is 0.773. The number of nitrogens with one attached hydrogen (secondary N) is 1. The Bertz CT molecular complexity index is 941. The van der Waals surface area contributed by atoms with Crippen LogP contribution in [0.1, 0.15) is 24.4 Å². The summed E-state index contributed by atoms with van der Waals surface area (Å²) in [5, 5.41) is 6.16. The zero-order chi connectivity index (χ0) is 18.4. The first-order valence-corrected chi connectivity index (χ1v) is 7.54. The lowest BCUT2D eigenvalue weighted by Gasteiger charge is -2.14. The predicted molar refractivity (Wildman–Crippen MR) is 86.0 cm³/mol. The number of aryl methyl sites for hydroxylation is 2. The van der Waals surface area contributed by atoms with Gasteiger partial charge in [-0.05, 0) is 32.0 Å². The van der Waals surface area contributed by atoms with E-state index >= 15 is 0 Å². The SMILES string of the molecule is Cc1cc(C(F)(F)F)nn1[C@@H](C)C(=O)Nc1nc2ccccc2n1C. The highest BCUT2D eigenvalue weighted by Crippen LogP contribution is 2.29. The van der Waals surface area contributed by atoms with Gasteiger partial charge in [0, 0.05) is 12.7 Å². The van der Waals surface area contributed by atoms with Gasteiger partial charge in [-0.3, -0.25) is 14.8 Å². The maximum absolute atomic E-state index is 12.8. The third-order valence-electron chi connectivity index (χ3n) is 3.98. The van der Waals surface area contributed by atoms with Crippen LogP contribution in [0.4, 0.5) is 19.1 Å². The smallest absolute Gasteiger partial charge is 0.313 e. The standard InChI is InChI=1S/C16H16F3N5O/c1-9-8-13(16(17,18)19)22-24(9)10(2)14(25)21-15-20-11-6-4-5-7-12(11)23(15)3/h4-8,10H,1-3H3,(H,20,21,25)/t10-/m0/s1. The van der Waals surface area contributed by atoms with Crippen molar-refractivity contribution in [3.63, 3.8) is 0 Å². The first kappa shape index (κ1) is 17.0. The highest BCUT2D eigenvalue weighted by atomic mass is 19.4. The number of alkyl halides is 3. The molecule has 0 spiro atoms. The minimum atomic E-state index is -4.55. The third kappa shape index (κ3) is 3.09. The molecular formula is C16H16F3N5O. The Morgan fingerprint density at radius 3 is 2.56 bits per heavy atom. The molecular weight excluding hydrogens is 335 g/mol. The fraction of sp³-hybridized carbons (Fsp3) is 0.312. The van der Waals surface area contributed by atoms with E-state index < -0.39 is 23.8 Å². The molecule has 0 unspecified atom stereocenters. The zero-order valence-corrected chi connectivity index (χ0v) is 13.8. The van der Waals surface area contributed by atoms with Crippen LogP contribution in [0, 0.1) is 6.92 Å². The first-order valence-electron chi connectivity index (χ1n) is 7.54. The lowest BCUT2D eigenvalue weighted by atomic mass is 10.3. The molecule has 0 aliphatic carbocycles. The van der Waals surface area contributed by atoms with Gasteiger partial charge < -0.3 is 4.57 Å². The van der Waals surface area contributed by atoms with Crippen molar-refractivity contribution in [1.29, 1.82) is 0 Å². The van der Waals surface area contributed by atoms with E-state index in [-0.39, 0.29) is 5.69 Å². The van der Waals surface area contributed by atoms with E-state index in [0.29, 0.717) is 11.5 Å². The minimum absolute atomic E-state index is 0.250. The van der Waals surface area contributed by atoms with Crippen molar-refractivity contribution in [2.75, 3.05) is 5.32 Å². The quantitative estimate of drug-likeness (QED) is 0.787. The van der Waals surface area contributed by atoms with Gasteiger partial charge in [0.2, 0.25) is 5.95 Å². The van der Waals surface area contributed by atoms with Crippen LogP contribution in [-0.4, -0.2) is 25.2 Å². The molecule has 25 heavy (non-hydrogen) atoms. The van der Waals surface area contributed by atoms with Crippen LogP contribution in [0.5, 0.6) is 0 Å². The summed E-state index contributed by atoms with van der Waals surface area (Å²) in [6, 6.07) is 7.34. The van der Waals surface area contributed by atoms with Gasteiger partial charge in [-0.15, -0.1) is 0 Å². The Kier molecular flexibility index (Phi) is 4.02. The van der Waals surface area contributed by atoms with Crippen molar-refractivity contribution in [3.05, 3.63) is 41.7 Å². The second-order valence-electron chi connectivity index (χ2n) is 5.76. The van der Waals surface area contributed by atoms with Crippen LogP contribution in [-0.2, 0) is 18.0 Å². The molecule has 132 valence electrons. The fourth-order valence-electron chi connectivity index (χ4n) is 2.60. The molecule has 3 aromatic rings. The van der Waals surface area contributed by atoms with Gasteiger partial charge in [-0.2, -0.15) is 18.3 Å². The maximum atomic E-state index is 12.8. The summed E-state index contributed by atoms with van der Waals surface area (Å²) in [7, 11) is 1.75. The number of fused-ring (bicyclic) bond motifs is 1. The number of nitrogens with zero attached hydrogens (tertiary/aromatic N) is 4. The lowest BCUT2D eigenvalue weighted by molar-refractivity contribution is -0.141. The van der Waals surface area contributed by atoms with E-state index in [0.717, 1.165) is 16.3 Å². The van der Waals surface area contributed by atoms with Crippen LogP contribution in [0.25, 0.3) is 11.0 Å². The summed E-state index contributed by atoms with van der Waals surface area (Å²) in [5.74, 6) is -0.183. The Labute approximate surface area is 141 Å². The van der Waals surface area contributed by atoms with Crippen LogP contribution < -0.4 is 5.32 Å². The summed E-state index contributed by atoms with van der Waals surface area (Å²) < 4.78 is 41.1. The number of amides is 1. The van der Waals surface area contributed by atoms with Crippen LogP contribution in [0.15, 0.2) is 30.3 Å². The number of rotatable bonds is 3. The molecule has 1 amide bonds. The topological polar surface area (TPSA) is 64.7 Å². The van der Waals surface area contributed by atoms with Crippen molar-refractivity contribution < 1.29 is 18.0 Å². The van der Waals surface area contributed by atoms with Crippen molar-refractivity contribution in [2.45, 2.75) is 26.1 Å². The van der Waals surface area contributed by atoms with E-state index in [1.165, 1.54) is 13.8 Å². The number of halogens is 3. The number of hydrogen-bond acceptors (Lipinski definition) is 3. The molecule has 1 N–H and O–H groups in total. The van der Waals surface area contributed by atoms with E-state index in [9.17, 15) is 18.0 Å². The highest BCUT2D eigenvalue weighted by Gasteiger charge is 2.35. The van der Waals surface area contributed by atoms with E-state index in [1.54, 1.807) is 11.6 Å². The third-order valence-corrected chi connectivity index (χ3v) is 3.98. The van der Waals surface area contributed by atoms with Crippen molar-refractivity contribution in [3.8, 4) is 0 Å². The molecule has 0 fully saturated rings. The van der Waals surface area contributed by atoms with Crippen molar-refractivity contribution >= 4 is 22.9 Å². The Morgan fingerprint density at radius 1 is 1.28 bits per heavy atom. The number of carbonyl (C=O) groups excluding carboxylic acids is 1. The summed E-state index contributed by atoms with van der Waals surface area (Å²) >= 11 is 0. The zero-order valence-electron chi connectivity index (χ0n) is 13.8. The van der Waals surface area contributed by atoms with Gasteiger partial charge in [0.1, 0.15) is 6.04 Å². The molecule has 2 heterocycles. The number of carbonyl (C=O) groups is 1. The van der Waals surface area contributed by atoms with E-state index in [2.05, 4.69) is 15.4 Å². The maximum Gasteiger partial charge on any atom is 0.435 e. The molecule has 0 saturated carbocycles. The van der Waals surface area contributed by atoms with Gasteiger partial charge >= 0.3 is 6.18 Å². The molecule has 3 rings (SSSR count). The van der Waals surface area contributed by atoms with Gasteiger partial charge in [0.05, 0.1) is 11.0 Å². The van der Waals surface area contributed by atoms with Gasteiger partial charge in [0.25, 0.3) is 5.91 Å². The Hall–Kier alpha value is -2.84. The number of benzene rings is 1. The summed E-state index contributed by atoms with van der Waals surface area (Å²) in [6.07, 6.45) is -4.55. The predicted octanol–water partition coefficient (Wildman–Crippen LogP) is 3.30. The highest BCUT2D eigenvalue weighted by molar-refractivity contribution is 5.93. The Morgan fingerprint density at radius 2 is 1.96 bits per heavy atom. The van der Waals surface area contributed by atoms with E-state index in [4.69, 9.17) is 0 Å². The molecule has 0 saturated heterocycles. The molecule has 0 aliphatic rings. The van der Waals surface area contributed by atoms with Crippen molar-refractivity contribution in [1.82, 2.24) is 19.3 Å². The number of aromatic nitrogens is 4. The largest absolute Gasteiger partial charge is 0.435 e. The average molecular weight is 351 g/mol. The molecule has 6 nitrogen and oxygen atoms in total. The molecule has 9 heteroatoms. The number of imidazole rings is 1. The van der Waals surface area contributed by atoms with E-state index in [1.807, 2.05) is 24.3 Å². The second kappa shape index (κ2) is 5.91. The van der Waals surface area contributed by atoms with Crippen LogP contribution in [0.3, 0.4) is 0 Å². The first-order chi connectivity index (χ1) is 11.7. The molecule has 1 atom stereocenters. The Balaban J connectivity index is 1.85. The van der Waals surface area contributed by atoms with Crippen LogP contribution >= 0.6 is 0 Å². The molecule has 2 aromatic heterocycles. The van der Waals surface area contributed by atoms with Crippen molar-refractivity contribution in [2.24, 2.45) is 7.05 Å². The summed E-state index contributed by atoms with van der Waals surface area (Å²) in [6.45, 7) is 2.96. The number of hydrogen-bond donors (Lipinski definition) is 1. The van der Waals surface area contributed by atoms with Gasteiger partial charge in [0.15, 0.2) is 5.69 Å². The van der Waals surface area contributed by atoms with Crippen LogP contribution in [0.2, 0.25) is 0 Å². The second-order valence-corrected chi connectivity index (χ2v) is 5.76. The molecule has 0 aliphatic heterocycles. The minimum Gasteiger partial charge on any atom is -0.313 e. The van der Waals surface area contributed by atoms with Gasteiger partial charge in [-0.1, -0.05) is 12.1 Å². The normalized spacial score (nSPS) is 13.2. The molecule has 0 radical (unpaired) electrons. The molecule has 1 aromatic carbocycles. The lowest BCUT2D eigenvalue weighted by Crippen LogP contribution is -2.26. The van der Waals surface area contributed by atoms with Gasteiger partial charge in [-0.25, -0.2) is 4.98 Å².